The summed E-state index contributed by atoms with van der Waals surface area (Å²) in [6, 6.07) is 7.11. The molecule has 1 saturated heterocycles. The highest BCUT2D eigenvalue weighted by Crippen LogP contribution is 2.40. The number of nitrogens with zero attached hydrogens (tertiary/aromatic N) is 2. The average molecular weight is 373 g/mol. The standard InChI is InChI=1S/C19H23N3O5/c1-24-16-11-14(12-17(25-2)18(16)26-3)21-13-4-5-20-15(10-13)19(23)22-6-8-27-9-7-22/h4-5,10-12H,6-9H2,1-3H3,(H,20,21). The van der Waals surface area contributed by atoms with Crippen molar-refractivity contribution in [1.29, 1.82) is 0 Å². The van der Waals surface area contributed by atoms with E-state index in [1.165, 1.54) is 0 Å². The van der Waals surface area contributed by atoms with Crippen molar-refractivity contribution in [3.05, 3.63) is 36.2 Å². The third kappa shape index (κ3) is 4.22. The fourth-order valence-corrected chi connectivity index (χ4v) is 2.87. The van der Waals surface area contributed by atoms with Crippen molar-refractivity contribution in [2.75, 3.05) is 52.9 Å². The van der Waals surface area contributed by atoms with Gasteiger partial charge < -0.3 is 29.2 Å². The smallest absolute Gasteiger partial charge is 0.272 e. The summed E-state index contributed by atoms with van der Waals surface area (Å²) in [7, 11) is 4.68. The van der Waals surface area contributed by atoms with Crippen LogP contribution in [0, 0.1) is 0 Å². The molecule has 8 heteroatoms. The Balaban J connectivity index is 1.83. The van der Waals surface area contributed by atoms with E-state index in [2.05, 4.69) is 10.3 Å². The summed E-state index contributed by atoms with van der Waals surface area (Å²) >= 11 is 0. The average Bonchev–Trinajstić information content (AvgIpc) is 2.73. The minimum absolute atomic E-state index is 0.105. The molecule has 2 aromatic rings. The number of benzene rings is 1. The molecule has 1 aromatic carbocycles. The first-order valence-corrected chi connectivity index (χ1v) is 8.56. The normalized spacial score (nSPS) is 13.8. The molecule has 0 saturated carbocycles. The Kier molecular flexibility index (Phi) is 5.97. The van der Waals surface area contributed by atoms with Crippen LogP contribution in [0.2, 0.25) is 0 Å². The van der Waals surface area contributed by atoms with Crippen molar-refractivity contribution in [3.8, 4) is 17.2 Å². The van der Waals surface area contributed by atoms with Crippen molar-refractivity contribution in [3.63, 3.8) is 0 Å². The van der Waals surface area contributed by atoms with E-state index in [-0.39, 0.29) is 5.91 Å². The van der Waals surface area contributed by atoms with Gasteiger partial charge in [0.1, 0.15) is 5.69 Å². The number of nitrogens with one attached hydrogen (secondary N) is 1. The minimum atomic E-state index is -0.105. The van der Waals surface area contributed by atoms with Gasteiger partial charge in [-0.1, -0.05) is 0 Å². The van der Waals surface area contributed by atoms with Crippen molar-refractivity contribution in [2.24, 2.45) is 0 Å². The maximum absolute atomic E-state index is 12.6. The first kappa shape index (κ1) is 18.8. The predicted molar refractivity (Wildman–Crippen MR) is 100 cm³/mol. The highest BCUT2D eigenvalue weighted by Gasteiger charge is 2.20. The van der Waals surface area contributed by atoms with E-state index in [0.717, 1.165) is 11.4 Å². The SMILES string of the molecule is COc1cc(Nc2ccnc(C(=O)N3CCOCC3)c2)cc(OC)c1OC. The molecule has 27 heavy (non-hydrogen) atoms. The van der Waals surface area contributed by atoms with Crippen LogP contribution in [0.5, 0.6) is 17.2 Å². The van der Waals surface area contributed by atoms with Crippen LogP contribution in [0.3, 0.4) is 0 Å². The largest absolute Gasteiger partial charge is 0.493 e. The Morgan fingerprint density at radius 1 is 1.04 bits per heavy atom. The lowest BCUT2D eigenvalue weighted by Gasteiger charge is -2.26. The first-order valence-electron chi connectivity index (χ1n) is 8.56. The van der Waals surface area contributed by atoms with Gasteiger partial charge in [-0.15, -0.1) is 0 Å². The van der Waals surface area contributed by atoms with Crippen molar-refractivity contribution in [1.82, 2.24) is 9.88 Å². The van der Waals surface area contributed by atoms with E-state index in [1.54, 1.807) is 56.7 Å². The van der Waals surface area contributed by atoms with E-state index < -0.39 is 0 Å². The second-order valence-electron chi connectivity index (χ2n) is 5.87. The maximum atomic E-state index is 12.6. The highest BCUT2D eigenvalue weighted by molar-refractivity contribution is 5.93. The van der Waals surface area contributed by atoms with Crippen molar-refractivity contribution in [2.45, 2.75) is 0 Å². The zero-order valence-electron chi connectivity index (χ0n) is 15.7. The molecular weight excluding hydrogens is 350 g/mol. The van der Waals surface area contributed by atoms with E-state index in [0.29, 0.717) is 49.2 Å². The lowest BCUT2D eigenvalue weighted by atomic mass is 10.2. The van der Waals surface area contributed by atoms with Crippen LogP contribution in [-0.2, 0) is 4.74 Å². The molecule has 1 aliphatic rings. The Morgan fingerprint density at radius 3 is 2.30 bits per heavy atom. The Morgan fingerprint density at radius 2 is 1.70 bits per heavy atom. The Labute approximate surface area is 158 Å². The first-order chi connectivity index (χ1) is 13.2. The molecule has 8 nitrogen and oxygen atoms in total. The summed E-state index contributed by atoms with van der Waals surface area (Å²) in [6.07, 6.45) is 1.61. The predicted octanol–water partition coefficient (Wildman–Crippen LogP) is 2.32. The van der Waals surface area contributed by atoms with Crippen molar-refractivity contribution >= 4 is 17.3 Å². The summed E-state index contributed by atoms with van der Waals surface area (Å²) in [5.41, 5.74) is 1.85. The number of anilines is 2. The summed E-state index contributed by atoms with van der Waals surface area (Å²) in [5.74, 6) is 1.49. The second kappa shape index (κ2) is 8.59. The monoisotopic (exact) mass is 373 g/mol. The van der Waals surface area contributed by atoms with Gasteiger partial charge in [0.25, 0.3) is 5.91 Å². The van der Waals surface area contributed by atoms with Crippen LogP contribution in [0.4, 0.5) is 11.4 Å². The van der Waals surface area contributed by atoms with Crippen LogP contribution in [-0.4, -0.2) is 63.4 Å². The zero-order valence-corrected chi connectivity index (χ0v) is 15.7. The number of ether oxygens (including phenoxy) is 4. The van der Waals surface area contributed by atoms with E-state index >= 15 is 0 Å². The van der Waals surface area contributed by atoms with Crippen LogP contribution in [0.1, 0.15) is 10.5 Å². The molecule has 0 unspecified atom stereocenters. The molecule has 0 spiro atoms. The van der Waals surface area contributed by atoms with Crippen LogP contribution < -0.4 is 19.5 Å². The third-order valence-electron chi connectivity index (χ3n) is 4.23. The molecule has 1 aromatic heterocycles. The maximum Gasteiger partial charge on any atom is 0.272 e. The fourth-order valence-electron chi connectivity index (χ4n) is 2.87. The Hall–Kier alpha value is -3.00. The quantitative estimate of drug-likeness (QED) is 0.832. The topological polar surface area (TPSA) is 82.2 Å². The molecule has 1 N–H and O–H groups in total. The summed E-state index contributed by atoms with van der Waals surface area (Å²) in [4.78, 5) is 18.6. The lowest BCUT2D eigenvalue weighted by molar-refractivity contribution is 0.0299. The van der Waals surface area contributed by atoms with E-state index in [4.69, 9.17) is 18.9 Å². The number of hydrogen-bond donors (Lipinski definition) is 1. The summed E-state index contributed by atoms with van der Waals surface area (Å²) in [5, 5.41) is 3.25. The number of hydrogen-bond acceptors (Lipinski definition) is 7. The van der Waals surface area contributed by atoms with Crippen molar-refractivity contribution < 1.29 is 23.7 Å². The van der Waals surface area contributed by atoms with Crippen LogP contribution in [0.15, 0.2) is 30.5 Å². The number of carbonyl (C=O) groups is 1. The van der Waals surface area contributed by atoms with Gasteiger partial charge in [-0.2, -0.15) is 0 Å². The number of amides is 1. The zero-order chi connectivity index (χ0) is 19.2. The Bertz CT molecular complexity index is 781. The highest BCUT2D eigenvalue weighted by atomic mass is 16.5. The molecule has 1 aliphatic heterocycles. The number of pyridine rings is 1. The third-order valence-corrected chi connectivity index (χ3v) is 4.23. The van der Waals surface area contributed by atoms with Gasteiger partial charge in [0, 0.05) is 42.8 Å². The van der Waals surface area contributed by atoms with Gasteiger partial charge in [-0.05, 0) is 12.1 Å². The van der Waals surface area contributed by atoms with Gasteiger partial charge in [0.2, 0.25) is 5.75 Å². The summed E-state index contributed by atoms with van der Waals surface area (Å²) in [6.45, 7) is 2.25. The molecule has 0 bridgehead atoms. The summed E-state index contributed by atoms with van der Waals surface area (Å²) < 4.78 is 21.4. The second-order valence-corrected chi connectivity index (χ2v) is 5.87. The molecule has 1 amide bonds. The number of carbonyl (C=O) groups excluding carboxylic acids is 1. The molecule has 0 atom stereocenters. The van der Waals surface area contributed by atoms with Gasteiger partial charge in [-0.3, -0.25) is 9.78 Å². The number of methoxy groups -OCH3 is 3. The minimum Gasteiger partial charge on any atom is -0.493 e. The van der Waals surface area contributed by atoms with Gasteiger partial charge in [-0.25, -0.2) is 0 Å². The number of aromatic nitrogens is 1. The lowest BCUT2D eigenvalue weighted by Crippen LogP contribution is -2.41. The molecule has 144 valence electrons. The number of morpholine rings is 1. The van der Waals surface area contributed by atoms with E-state index in [1.807, 2.05) is 0 Å². The molecule has 0 radical (unpaired) electrons. The van der Waals surface area contributed by atoms with Crippen LogP contribution >= 0.6 is 0 Å². The van der Waals surface area contributed by atoms with Crippen LogP contribution in [0.25, 0.3) is 0 Å². The molecular formula is C19H23N3O5. The fraction of sp³-hybridized carbons (Fsp3) is 0.368. The van der Waals surface area contributed by atoms with Gasteiger partial charge >= 0.3 is 0 Å². The number of rotatable bonds is 6. The molecule has 3 rings (SSSR count). The molecule has 0 aliphatic carbocycles. The molecule has 2 heterocycles. The van der Waals surface area contributed by atoms with Gasteiger partial charge in [0.15, 0.2) is 11.5 Å². The van der Waals surface area contributed by atoms with Gasteiger partial charge in [0.05, 0.1) is 34.5 Å². The van der Waals surface area contributed by atoms with E-state index in [9.17, 15) is 4.79 Å². The molecule has 1 fully saturated rings.